The predicted octanol–water partition coefficient (Wildman–Crippen LogP) is 2.26. The molecule has 2 amide bonds. The first-order valence-corrected chi connectivity index (χ1v) is 9.01. The maximum Gasteiger partial charge on any atom is 0.414 e. The quantitative estimate of drug-likeness (QED) is 0.812. The van der Waals surface area contributed by atoms with Crippen LogP contribution in [0.2, 0.25) is 0 Å². The number of cyclic esters (lactones) is 1. The number of ether oxygens (including phenoxy) is 1. The number of carbonyl (C=O) groups excluding carboxylic acids is 2. The highest BCUT2D eigenvalue weighted by atomic mass is 32.1. The molecule has 10 heteroatoms. The maximum atomic E-state index is 14.6. The molecule has 1 aliphatic rings. The van der Waals surface area contributed by atoms with Crippen molar-refractivity contribution in [2.45, 2.75) is 25.9 Å². The predicted molar refractivity (Wildman–Crippen MR) is 95.5 cm³/mol. The second-order valence-corrected chi connectivity index (χ2v) is 6.94. The molecule has 1 aromatic carbocycles. The number of halogens is 1. The standard InChI is InChI=1S/C17H16FN5O3S/c1-10(24)20-8-12-9-23(17(25)26-12)11-4-5-13(14(18)7-11)16-22-21-15(27-16)3-2-6-19/h4-5,7,12H,2-3,8-9H2,1H3,(H,20,24)/t12-/m0/s1. The molecule has 0 unspecified atom stereocenters. The lowest BCUT2D eigenvalue weighted by Gasteiger charge is -2.14. The number of anilines is 1. The first kappa shape index (κ1) is 18.7. The lowest BCUT2D eigenvalue weighted by Crippen LogP contribution is -2.33. The third kappa shape index (κ3) is 4.38. The molecule has 1 fully saturated rings. The summed E-state index contributed by atoms with van der Waals surface area (Å²) in [7, 11) is 0. The summed E-state index contributed by atoms with van der Waals surface area (Å²) in [4.78, 5) is 24.3. The van der Waals surface area contributed by atoms with E-state index in [4.69, 9.17) is 10.00 Å². The Morgan fingerprint density at radius 1 is 1.52 bits per heavy atom. The van der Waals surface area contributed by atoms with Gasteiger partial charge in [0, 0.05) is 25.3 Å². The Balaban J connectivity index is 1.73. The molecular weight excluding hydrogens is 373 g/mol. The lowest BCUT2D eigenvalue weighted by molar-refractivity contribution is -0.119. The van der Waals surface area contributed by atoms with Gasteiger partial charge in [-0.15, -0.1) is 10.2 Å². The average Bonchev–Trinajstić information content (AvgIpc) is 3.24. The summed E-state index contributed by atoms with van der Waals surface area (Å²) in [5.74, 6) is -0.750. The third-order valence-electron chi connectivity index (χ3n) is 3.87. The number of hydrogen-bond acceptors (Lipinski definition) is 7. The van der Waals surface area contributed by atoms with Gasteiger partial charge in [0.15, 0.2) is 5.01 Å². The molecule has 1 N–H and O–H groups in total. The van der Waals surface area contributed by atoms with Gasteiger partial charge in [-0.3, -0.25) is 9.69 Å². The molecule has 1 aliphatic heterocycles. The monoisotopic (exact) mass is 389 g/mol. The number of carbonyl (C=O) groups is 2. The second-order valence-electron chi connectivity index (χ2n) is 5.88. The van der Waals surface area contributed by atoms with Crippen molar-refractivity contribution in [2.75, 3.05) is 18.0 Å². The molecule has 2 heterocycles. The Hall–Kier alpha value is -3.06. The van der Waals surface area contributed by atoms with Gasteiger partial charge in [-0.1, -0.05) is 11.3 Å². The Labute approximate surface area is 158 Å². The zero-order valence-electron chi connectivity index (χ0n) is 14.4. The molecule has 0 bridgehead atoms. The summed E-state index contributed by atoms with van der Waals surface area (Å²) >= 11 is 1.23. The van der Waals surface area contributed by atoms with Crippen LogP contribution in [-0.4, -0.2) is 41.4 Å². The Morgan fingerprint density at radius 3 is 3.04 bits per heavy atom. The van der Waals surface area contributed by atoms with E-state index in [0.717, 1.165) is 0 Å². The van der Waals surface area contributed by atoms with Crippen molar-refractivity contribution in [3.63, 3.8) is 0 Å². The minimum Gasteiger partial charge on any atom is -0.442 e. The normalized spacial score (nSPS) is 16.1. The van der Waals surface area contributed by atoms with E-state index >= 15 is 0 Å². The third-order valence-corrected chi connectivity index (χ3v) is 4.88. The van der Waals surface area contributed by atoms with Crippen molar-refractivity contribution in [2.24, 2.45) is 0 Å². The van der Waals surface area contributed by atoms with E-state index in [0.29, 0.717) is 28.5 Å². The molecule has 0 spiro atoms. The van der Waals surface area contributed by atoms with Gasteiger partial charge in [0.05, 0.1) is 24.8 Å². The number of nitrogens with zero attached hydrogens (tertiary/aromatic N) is 4. The maximum absolute atomic E-state index is 14.6. The zero-order valence-corrected chi connectivity index (χ0v) is 15.3. The van der Waals surface area contributed by atoms with Crippen LogP contribution in [0.25, 0.3) is 10.6 Å². The minimum absolute atomic E-state index is 0.203. The van der Waals surface area contributed by atoms with Crippen LogP contribution in [-0.2, 0) is 16.0 Å². The first-order chi connectivity index (χ1) is 13.0. The van der Waals surface area contributed by atoms with Crippen molar-refractivity contribution in [3.05, 3.63) is 29.0 Å². The minimum atomic E-state index is -0.591. The topological polar surface area (TPSA) is 108 Å². The van der Waals surface area contributed by atoms with Gasteiger partial charge in [-0.05, 0) is 18.2 Å². The van der Waals surface area contributed by atoms with E-state index in [1.165, 1.54) is 35.3 Å². The van der Waals surface area contributed by atoms with Crippen LogP contribution in [0.1, 0.15) is 18.4 Å². The molecule has 3 rings (SSSR count). The zero-order chi connectivity index (χ0) is 19.4. The van der Waals surface area contributed by atoms with Gasteiger partial charge in [-0.25, -0.2) is 9.18 Å². The van der Waals surface area contributed by atoms with E-state index in [2.05, 4.69) is 15.5 Å². The highest BCUT2D eigenvalue weighted by Gasteiger charge is 2.32. The number of aromatic nitrogens is 2. The summed E-state index contributed by atoms with van der Waals surface area (Å²) in [6.45, 7) is 1.80. The van der Waals surface area contributed by atoms with Crippen LogP contribution in [0, 0.1) is 17.1 Å². The van der Waals surface area contributed by atoms with Crippen LogP contribution in [0.3, 0.4) is 0 Å². The number of benzene rings is 1. The number of hydrogen-bond donors (Lipinski definition) is 1. The second kappa shape index (κ2) is 8.09. The Morgan fingerprint density at radius 2 is 2.33 bits per heavy atom. The molecule has 1 saturated heterocycles. The number of nitriles is 1. The summed E-state index contributed by atoms with van der Waals surface area (Å²) < 4.78 is 19.8. The fourth-order valence-corrected chi connectivity index (χ4v) is 3.43. The largest absolute Gasteiger partial charge is 0.442 e. The summed E-state index contributed by atoms with van der Waals surface area (Å²) in [6.07, 6.45) is -0.280. The van der Waals surface area contributed by atoms with E-state index in [1.807, 2.05) is 6.07 Å². The van der Waals surface area contributed by atoms with Crippen LogP contribution in [0.5, 0.6) is 0 Å². The van der Waals surface area contributed by atoms with Crippen molar-refractivity contribution >= 4 is 29.0 Å². The van der Waals surface area contributed by atoms with Gasteiger partial charge >= 0.3 is 6.09 Å². The van der Waals surface area contributed by atoms with Gasteiger partial charge in [0.1, 0.15) is 16.9 Å². The first-order valence-electron chi connectivity index (χ1n) is 8.19. The SMILES string of the molecule is CC(=O)NC[C@H]1CN(c2ccc(-c3nnc(CCC#N)s3)c(F)c2)C(=O)O1. The van der Waals surface area contributed by atoms with E-state index < -0.39 is 18.0 Å². The highest BCUT2D eigenvalue weighted by Crippen LogP contribution is 2.31. The highest BCUT2D eigenvalue weighted by molar-refractivity contribution is 7.14. The number of nitrogens with one attached hydrogen (secondary N) is 1. The molecule has 1 aromatic heterocycles. The average molecular weight is 389 g/mol. The lowest BCUT2D eigenvalue weighted by atomic mass is 10.2. The smallest absolute Gasteiger partial charge is 0.414 e. The van der Waals surface area contributed by atoms with Crippen LogP contribution < -0.4 is 10.2 Å². The fourth-order valence-electron chi connectivity index (χ4n) is 2.57. The van der Waals surface area contributed by atoms with E-state index in [-0.39, 0.29) is 24.6 Å². The molecule has 140 valence electrons. The summed E-state index contributed by atoms with van der Waals surface area (Å²) in [5.41, 5.74) is 0.641. The molecule has 8 nitrogen and oxygen atoms in total. The van der Waals surface area contributed by atoms with Gasteiger partial charge < -0.3 is 10.1 Å². The van der Waals surface area contributed by atoms with Crippen molar-refractivity contribution in [1.29, 1.82) is 5.26 Å². The number of aryl methyl sites for hydroxylation is 1. The van der Waals surface area contributed by atoms with Gasteiger partial charge in [-0.2, -0.15) is 5.26 Å². The van der Waals surface area contributed by atoms with Crippen molar-refractivity contribution < 1.29 is 18.7 Å². The van der Waals surface area contributed by atoms with Gasteiger partial charge in [0.25, 0.3) is 0 Å². The molecule has 0 aliphatic carbocycles. The molecule has 27 heavy (non-hydrogen) atoms. The molecule has 1 atom stereocenters. The molecule has 0 saturated carbocycles. The van der Waals surface area contributed by atoms with E-state index in [9.17, 15) is 14.0 Å². The summed E-state index contributed by atoms with van der Waals surface area (Å²) in [6, 6.07) is 6.42. The van der Waals surface area contributed by atoms with Crippen LogP contribution in [0.15, 0.2) is 18.2 Å². The van der Waals surface area contributed by atoms with Crippen LogP contribution in [0.4, 0.5) is 14.9 Å². The van der Waals surface area contributed by atoms with Crippen molar-refractivity contribution in [3.8, 4) is 16.6 Å². The Kier molecular flexibility index (Phi) is 5.61. The Bertz CT molecular complexity index is 910. The number of amides is 2. The van der Waals surface area contributed by atoms with Gasteiger partial charge in [0.2, 0.25) is 5.91 Å². The molecule has 2 aromatic rings. The molecular formula is C17H16FN5O3S. The molecule has 0 radical (unpaired) electrons. The van der Waals surface area contributed by atoms with Crippen LogP contribution >= 0.6 is 11.3 Å². The number of rotatable bonds is 6. The van der Waals surface area contributed by atoms with Crippen molar-refractivity contribution in [1.82, 2.24) is 15.5 Å². The van der Waals surface area contributed by atoms with E-state index in [1.54, 1.807) is 6.07 Å². The summed E-state index contributed by atoms with van der Waals surface area (Å²) in [5, 5.41) is 20.2. The fraction of sp³-hybridized carbons (Fsp3) is 0.353.